The van der Waals surface area contributed by atoms with E-state index in [9.17, 15) is 4.79 Å². The Morgan fingerprint density at radius 3 is 2.48 bits per heavy atom. The smallest absolute Gasteiger partial charge is 0.281 e. The molecule has 2 aromatic carbocycles. The summed E-state index contributed by atoms with van der Waals surface area (Å²) in [5.74, 6) is -1.30. The lowest BCUT2D eigenvalue weighted by Crippen LogP contribution is -2.47. The molecule has 0 aromatic heterocycles. The van der Waals surface area contributed by atoms with Crippen molar-refractivity contribution in [3.63, 3.8) is 0 Å². The van der Waals surface area contributed by atoms with Crippen molar-refractivity contribution in [3.8, 4) is 5.75 Å². The third-order valence-corrected chi connectivity index (χ3v) is 4.97. The quantitative estimate of drug-likeness (QED) is 0.728. The summed E-state index contributed by atoms with van der Waals surface area (Å²) in [5, 5.41) is 1.21. The van der Waals surface area contributed by atoms with Crippen LogP contribution in [-0.4, -0.2) is 18.7 Å². The molecule has 0 radical (unpaired) electrons. The molecule has 0 fully saturated rings. The van der Waals surface area contributed by atoms with Crippen molar-refractivity contribution >= 4 is 29.0 Å². The summed E-state index contributed by atoms with van der Waals surface area (Å²) in [5.41, 5.74) is 2.24. The minimum Gasteiger partial charge on any atom is -0.453 e. The van der Waals surface area contributed by atoms with Crippen LogP contribution in [0.15, 0.2) is 36.4 Å². The molecule has 23 heavy (non-hydrogen) atoms. The van der Waals surface area contributed by atoms with Crippen LogP contribution in [0.5, 0.6) is 5.75 Å². The molecule has 2 atom stereocenters. The zero-order valence-electron chi connectivity index (χ0n) is 13.0. The van der Waals surface area contributed by atoms with Gasteiger partial charge >= 0.3 is 0 Å². The Bertz CT molecular complexity index is 771. The lowest BCUT2D eigenvalue weighted by molar-refractivity contribution is -0.126. The highest BCUT2D eigenvalue weighted by Gasteiger charge is 2.53. The number of halogens is 2. The highest BCUT2D eigenvalue weighted by molar-refractivity contribution is 6.31. The van der Waals surface area contributed by atoms with Gasteiger partial charge in [0.2, 0.25) is 5.78 Å². The molecule has 1 aliphatic heterocycles. The predicted octanol–water partition coefficient (Wildman–Crippen LogP) is 5.02. The summed E-state index contributed by atoms with van der Waals surface area (Å²) in [6, 6.07) is 10.4. The van der Waals surface area contributed by atoms with Crippen LogP contribution in [0.1, 0.15) is 34.3 Å². The van der Waals surface area contributed by atoms with Gasteiger partial charge in [0, 0.05) is 28.3 Å². The zero-order valence-corrected chi connectivity index (χ0v) is 14.5. The van der Waals surface area contributed by atoms with E-state index in [1.54, 1.807) is 24.3 Å². The average molecular weight is 351 g/mol. The topological polar surface area (TPSA) is 35.5 Å². The van der Waals surface area contributed by atoms with E-state index < -0.39 is 5.79 Å². The van der Waals surface area contributed by atoms with Gasteiger partial charge in [-0.3, -0.25) is 4.79 Å². The number of hydrogen-bond donors (Lipinski definition) is 0. The van der Waals surface area contributed by atoms with Gasteiger partial charge in [-0.25, -0.2) is 0 Å². The molecular formula is C18H16Cl2O3. The standard InChI is InChI=1S/C18H16Cl2O3/c1-10-8-16-14(9-15(10)20)11(2)18(22-3,23-16)17(21)12-4-6-13(19)7-5-12/h4-9,11H,1-3H3. The van der Waals surface area contributed by atoms with Crippen LogP contribution in [0.25, 0.3) is 0 Å². The maximum absolute atomic E-state index is 13.0. The fourth-order valence-corrected chi connectivity index (χ4v) is 3.21. The molecule has 0 amide bonds. The van der Waals surface area contributed by atoms with E-state index in [1.165, 1.54) is 7.11 Å². The van der Waals surface area contributed by atoms with Gasteiger partial charge in [0.05, 0.1) is 5.92 Å². The number of carbonyl (C=O) groups excluding carboxylic acids is 1. The molecule has 3 rings (SSSR count). The van der Waals surface area contributed by atoms with Crippen LogP contribution < -0.4 is 4.74 Å². The van der Waals surface area contributed by atoms with Crippen molar-refractivity contribution in [3.05, 3.63) is 63.1 Å². The minimum atomic E-state index is -1.40. The number of benzene rings is 2. The summed E-state index contributed by atoms with van der Waals surface area (Å²) in [6.07, 6.45) is 0. The molecule has 0 bridgehead atoms. The SMILES string of the molecule is COC1(C(=O)c2ccc(Cl)cc2)Oc2cc(C)c(Cl)cc2C1C. The summed E-state index contributed by atoms with van der Waals surface area (Å²) in [4.78, 5) is 13.0. The molecule has 3 nitrogen and oxygen atoms in total. The number of carbonyl (C=O) groups is 1. The number of ether oxygens (including phenoxy) is 2. The van der Waals surface area contributed by atoms with Crippen molar-refractivity contribution in [2.75, 3.05) is 7.11 Å². The van der Waals surface area contributed by atoms with Gasteiger partial charge in [-0.2, -0.15) is 0 Å². The summed E-state index contributed by atoms with van der Waals surface area (Å²) in [6.45, 7) is 3.79. The third kappa shape index (κ3) is 2.53. The lowest BCUT2D eigenvalue weighted by atomic mass is 9.88. The molecule has 0 saturated heterocycles. The number of ketones is 1. The highest BCUT2D eigenvalue weighted by Crippen LogP contribution is 2.48. The van der Waals surface area contributed by atoms with Crippen molar-refractivity contribution in [2.45, 2.75) is 25.6 Å². The van der Waals surface area contributed by atoms with Gasteiger partial charge in [-0.15, -0.1) is 0 Å². The van der Waals surface area contributed by atoms with Crippen LogP contribution in [0.4, 0.5) is 0 Å². The highest BCUT2D eigenvalue weighted by atomic mass is 35.5. The summed E-state index contributed by atoms with van der Waals surface area (Å²) >= 11 is 12.1. The van der Waals surface area contributed by atoms with E-state index in [0.29, 0.717) is 21.4 Å². The molecule has 1 aliphatic rings. The largest absolute Gasteiger partial charge is 0.453 e. The second kappa shape index (κ2) is 5.82. The van der Waals surface area contributed by atoms with Crippen molar-refractivity contribution < 1.29 is 14.3 Å². The van der Waals surface area contributed by atoms with Crippen LogP contribution in [0, 0.1) is 6.92 Å². The molecule has 120 valence electrons. The Morgan fingerprint density at radius 2 is 1.87 bits per heavy atom. The molecule has 0 saturated carbocycles. The molecule has 5 heteroatoms. The maximum Gasteiger partial charge on any atom is 0.281 e. The van der Waals surface area contributed by atoms with Crippen LogP contribution in [0.2, 0.25) is 10.0 Å². The fraction of sp³-hybridized carbons (Fsp3) is 0.278. The molecule has 0 spiro atoms. The van der Waals surface area contributed by atoms with E-state index in [2.05, 4.69) is 0 Å². The first-order valence-electron chi connectivity index (χ1n) is 7.23. The van der Waals surface area contributed by atoms with Gasteiger partial charge in [0.25, 0.3) is 5.79 Å². The molecule has 0 N–H and O–H groups in total. The molecule has 1 heterocycles. The maximum atomic E-state index is 13.0. The van der Waals surface area contributed by atoms with E-state index >= 15 is 0 Å². The van der Waals surface area contributed by atoms with Gasteiger partial charge in [-0.05, 0) is 48.9 Å². The first-order chi connectivity index (χ1) is 10.9. The van der Waals surface area contributed by atoms with Crippen molar-refractivity contribution in [2.24, 2.45) is 0 Å². The van der Waals surface area contributed by atoms with E-state index in [4.69, 9.17) is 32.7 Å². The molecule has 0 aliphatic carbocycles. The number of aryl methyl sites for hydroxylation is 1. The molecule has 2 aromatic rings. The van der Waals surface area contributed by atoms with Gasteiger partial charge in [0.15, 0.2) is 0 Å². The second-order valence-corrected chi connectivity index (χ2v) is 6.51. The van der Waals surface area contributed by atoms with Gasteiger partial charge in [-0.1, -0.05) is 30.1 Å². The first-order valence-corrected chi connectivity index (χ1v) is 7.99. The average Bonchev–Trinajstić information content (AvgIpc) is 2.81. The summed E-state index contributed by atoms with van der Waals surface area (Å²) < 4.78 is 11.5. The lowest BCUT2D eigenvalue weighted by Gasteiger charge is -2.29. The first kappa shape index (κ1) is 16.3. The van der Waals surface area contributed by atoms with Crippen LogP contribution in [-0.2, 0) is 4.74 Å². The van der Waals surface area contributed by atoms with Crippen molar-refractivity contribution in [1.29, 1.82) is 0 Å². The van der Waals surface area contributed by atoms with Crippen LogP contribution in [0.3, 0.4) is 0 Å². The zero-order chi connectivity index (χ0) is 16.8. The van der Waals surface area contributed by atoms with Crippen molar-refractivity contribution in [1.82, 2.24) is 0 Å². The number of rotatable bonds is 3. The second-order valence-electron chi connectivity index (χ2n) is 5.67. The van der Waals surface area contributed by atoms with E-state index in [-0.39, 0.29) is 11.7 Å². The van der Waals surface area contributed by atoms with Gasteiger partial charge in [0.1, 0.15) is 5.75 Å². The normalized spacial score (nSPS) is 22.6. The van der Waals surface area contributed by atoms with Gasteiger partial charge < -0.3 is 9.47 Å². The predicted molar refractivity (Wildman–Crippen MR) is 90.8 cm³/mol. The number of fused-ring (bicyclic) bond motifs is 1. The fourth-order valence-electron chi connectivity index (χ4n) is 2.91. The number of Topliss-reactive ketones (excluding diaryl/α,β-unsaturated/α-hetero) is 1. The van der Waals surface area contributed by atoms with Crippen LogP contribution >= 0.6 is 23.2 Å². The summed E-state index contributed by atoms with van der Waals surface area (Å²) in [7, 11) is 1.48. The minimum absolute atomic E-state index is 0.242. The third-order valence-electron chi connectivity index (χ3n) is 4.32. The Kier molecular flexibility index (Phi) is 4.13. The molecular weight excluding hydrogens is 335 g/mol. The Hall–Kier alpha value is -1.55. The Morgan fingerprint density at radius 1 is 1.22 bits per heavy atom. The molecule has 2 unspecified atom stereocenters. The number of hydrogen-bond acceptors (Lipinski definition) is 3. The van der Waals surface area contributed by atoms with E-state index in [1.807, 2.05) is 26.0 Å². The Balaban J connectivity index is 2.05. The number of methoxy groups -OCH3 is 1. The van der Waals surface area contributed by atoms with E-state index in [0.717, 1.165) is 11.1 Å². The Labute approximate surface area is 145 Å². The monoisotopic (exact) mass is 350 g/mol.